The maximum atomic E-state index is 12.1. The Hall–Kier alpha value is -1.96. The molecule has 2 amide bonds. The fraction of sp³-hybridized carbons (Fsp3) is 0.333. The SMILES string of the molecule is N[C@]1(NC(=O)Nc2ncc(-c3ccccc3)s2)CCCNC1. The molecule has 2 heterocycles. The van der Waals surface area contributed by atoms with Crippen LogP contribution in [0.1, 0.15) is 12.8 Å². The van der Waals surface area contributed by atoms with E-state index < -0.39 is 5.66 Å². The summed E-state index contributed by atoms with van der Waals surface area (Å²) in [6.07, 6.45) is 3.47. The van der Waals surface area contributed by atoms with Crippen LogP contribution in [0.3, 0.4) is 0 Å². The highest BCUT2D eigenvalue weighted by Crippen LogP contribution is 2.28. The summed E-state index contributed by atoms with van der Waals surface area (Å²) >= 11 is 1.44. The zero-order valence-electron chi connectivity index (χ0n) is 12.1. The van der Waals surface area contributed by atoms with Crippen LogP contribution in [0.5, 0.6) is 0 Å². The van der Waals surface area contributed by atoms with Crippen molar-refractivity contribution in [2.75, 3.05) is 18.4 Å². The number of carbonyl (C=O) groups excluding carboxylic acids is 1. The molecule has 3 rings (SSSR count). The first-order valence-corrected chi connectivity index (χ1v) is 8.06. The molecule has 22 heavy (non-hydrogen) atoms. The summed E-state index contributed by atoms with van der Waals surface area (Å²) in [5, 5.41) is 9.33. The van der Waals surface area contributed by atoms with Gasteiger partial charge in [0, 0.05) is 12.7 Å². The normalized spacial score (nSPS) is 21.3. The number of hydrogen-bond acceptors (Lipinski definition) is 5. The average Bonchev–Trinajstić information content (AvgIpc) is 2.96. The number of aromatic nitrogens is 1. The first-order chi connectivity index (χ1) is 10.6. The Morgan fingerprint density at radius 3 is 2.91 bits per heavy atom. The van der Waals surface area contributed by atoms with Crippen molar-refractivity contribution in [1.82, 2.24) is 15.6 Å². The lowest BCUT2D eigenvalue weighted by molar-refractivity contribution is 0.222. The van der Waals surface area contributed by atoms with Crippen molar-refractivity contribution < 1.29 is 4.79 Å². The van der Waals surface area contributed by atoms with E-state index in [9.17, 15) is 4.79 Å². The summed E-state index contributed by atoms with van der Waals surface area (Å²) in [4.78, 5) is 17.3. The maximum absolute atomic E-state index is 12.1. The zero-order chi connectivity index (χ0) is 15.4. The van der Waals surface area contributed by atoms with Crippen molar-refractivity contribution in [3.8, 4) is 10.4 Å². The van der Waals surface area contributed by atoms with Gasteiger partial charge in [-0.2, -0.15) is 0 Å². The molecule has 116 valence electrons. The number of nitrogens with two attached hydrogens (primary N) is 1. The third-order valence-corrected chi connectivity index (χ3v) is 4.53. The predicted octanol–water partition coefficient (Wildman–Crippen LogP) is 1.97. The minimum atomic E-state index is -0.693. The van der Waals surface area contributed by atoms with E-state index in [0.717, 1.165) is 29.8 Å². The van der Waals surface area contributed by atoms with Gasteiger partial charge in [-0.3, -0.25) is 5.32 Å². The number of anilines is 1. The van der Waals surface area contributed by atoms with E-state index in [1.807, 2.05) is 30.3 Å². The number of rotatable bonds is 3. The van der Waals surface area contributed by atoms with Crippen LogP contribution in [0.4, 0.5) is 9.93 Å². The minimum Gasteiger partial charge on any atom is -0.319 e. The summed E-state index contributed by atoms with van der Waals surface area (Å²) in [5.41, 5.74) is 6.55. The summed E-state index contributed by atoms with van der Waals surface area (Å²) in [5.74, 6) is 0. The van der Waals surface area contributed by atoms with Crippen LogP contribution < -0.4 is 21.7 Å². The van der Waals surface area contributed by atoms with Gasteiger partial charge >= 0.3 is 6.03 Å². The third kappa shape index (κ3) is 3.62. The number of nitrogens with one attached hydrogen (secondary N) is 3. The summed E-state index contributed by atoms with van der Waals surface area (Å²) in [7, 11) is 0. The first kappa shape index (κ1) is 15.0. The van der Waals surface area contributed by atoms with E-state index in [1.165, 1.54) is 11.3 Å². The molecule has 1 aromatic carbocycles. The van der Waals surface area contributed by atoms with Gasteiger partial charge in [-0.15, -0.1) is 0 Å². The van der Waals surface area contributed by atoms with E-state index in [-0.39, 0.29) is 6.03 Å². The highest BCUT2D eigenvalue weighted by atomic mass is 32.1. The van der Waals surface area contributed by atoms with Gasteiger partial charge in [0.2, 0.25) is 0 Å². The molecule has 0 saturated carbocycles. The number of thiazole rings is 1. The molecule has 2 aromatic rings. The first-order valence-electron chi connectivity index (χ1n) is 7.25. The number of carbonyl (C=O) groups is 1. The topological polar surface area (TPSA) is 92.1 Å². The van der Waals surface area contributed by atoms with Gasteiger partial charge in [-0.25, -0.2) is 9.78 Å². The molecule has 0 aliphatic carbocycles. The van der Waals surface area contributed by atoms with Crippen LogP contribution in [-0.4, -0.2) is 29.8 Å². The molecule has 0 bridgehead atoms. The van der Waals surface area contributed by atoms with Crippen molar-refractivity contribution in [2.24, 2.45) is 5.73 Å². The smallest absolute Gasteiger partial charge is 0.319 e. The molecule has 1 aromatic heterocycles. The summed E-state index contributed by atoms with van der Waals surface area (Å²) < 4.78 is 0. The van der Waals surface area contributed by atoms with E-state index in [1.54, 1.807) is 6.20 Å². The van der Waals surface area contributed by atoms with Gasteiger partial charge in [0.1, 0.15) is 5.66 Å². The molecule has 1 fully saturated rings. The quantitative estimate of drug-likeness (QED) is 0.651. The minimum absolute atomic E-state index is 0.319. The van der Waals surface area contributed by atoms with E-state index >= 15 is 0 Å². The van der Waals surface area contributed by atoms with Gasteiger partial charge in [-0.05, 0) is 24.9 Å². The molecule has 0 spiro atoms. The van der Waals surface area contributed by atoms with Crippen LogP contribution in [0.15, 0.2) is 36.5 Å². The fourth-order valence-electron chi connectivity index (χ4n) is 2.46. The molecule has 1 atom stereocenters. The van der Waals surface area contributed by atoms with Crippen LogP contribution in [0, 0.1) is 0 Å². The Kier molecular flexibility index (Phi) is 4.37. The molecule has 1 aliphatic rings. The zero-order valence-corrected chi connectivity index (χ0v) is 13.0. The molecule has 5 N–H and O–H groups in total. The molecule has 0 unspecified atom stereocenters. The number of nitrogens with zero attached hydrogens (tertiary/aromatic N) is 1. The monoisotopic (exact) mass is 317 g/mol. The van der Waals surface area contributed by atoms with Crippen LogP contribution in [-0.2, 0) is 0 Å². The molecule has 6 nitrogen and oxygen atoms in total. The Balaban J connectivity index is 1.61. The van der Waals surface area contributed by atoms with Crippen molar-refractivity contribution in [2.45, 2.75) is 18.5 Å². The predicted molar refractivity (Wildman–Crippen MR) is 88.7 cm³/mol. The molecular formula is C15H19N5OS. The number of benzene rings is 1. The summed E-state index contributed by atoms with van der Waals surface area (Å²) in [6.45, 7) is 1.52. The van der Waals surface area contributed by atoms with Gasteiger partial charge < -0.3 is 16.4 Å². The summed E-state index contributed by atoms with van der Waals surface area (Å²) in [6, 6.07) is 9.63. The lowest BCUT2D eigenvalue weighted by atomic mass is 10.0. The Labute approximate surface area is 133 Å². The van der Waals surface area contributed by atoms with Crippen LogP contribution in [0.2, 0.25) is 0 Å². The second kappa shape index (κ2) is 6.43. The lowest BCUT2D eigenvalue weighted by Gasteiger charge is -2.34. The van der Waals surface area contributed by atoms with E-state index in [0.29, 0.717) is 11.7 Å². The van der Waals surface area contributed by atoms with Crippen molar-refractivity contribution in [3.05, 3.63) is 36.5 Å². The van der Waals surface area contributed by atoms with Gasteiger partial charge in [0.25, 0.3) is 0 Å². The Bertz CT molecular complexity index is 636. The molecular weight excluding hydrogens is 298 g/mol. The van der Waals surface area contributed by atoms with Crippen LogP contribution in [0.25, 0.3) is 10.4 Å². The lowest BCUT2D eigenvalue weighted by Crippen LogP contribution is -2.64. The van der Waals surface area contributed by atoms with E-state index in [4.69, 9.17) is 5.73 Å². The third-order valence-electron chi connectivity index (χ3n) is 3.56. The number of hydrogen-bond donors (Lipinski definition) is 4. The molecule has 1 aliphatic heterocycles. The average molecular weight is 317 g/mol. The number of piperidine rings is 1. The van der Waals surface area contributed by atoms with Gasteiger partial charge in [0.05, 0.1) is 4.88 Å². The maximum Gasteiger partial charge on any atom is 0.322 e. The van der Waals surface area contributed by atoms with Gasteiger partial charge in [0.15, 0.2) is 5.13 Å². The largest absolute Gasteiger partial charge is 0.322 e. The highest BCUT2D eigenvalue weighted by molar-refractivity contribution is 7.19. The molecule has 0 radical (unpaired) electrons. The number of urea groups is 1. The number of amides is 2. The van der Waals surface area contributed by atoms with Crippen LogP contribution >= 0.6 is 11.3 Å². The highest BCUT2D eigenvalue weighted by Gasteiger charge is 2.29. The Morgan fingerprint density at radius 1 is 1.36 bits per heavy atom. The Morgan fingerprint density at radius 2 is 2.18 bits per heavy atom. The standard InChI is InChI=1S/C15H19N5OS/c16-15(7-4-8-17-10-15)20-13(21)19-14-18-9-12(22-14)11-5-2-1-3-6-11/h1-3,5-6,9,17H,4,7-8,10,16H2,(H2,18,19,20,21)/t15-/m0/s1. The van der Waals surface area contributed by atoms with Crippen molar-refractivity contribution in [1.29, 1.82) is 0 Å². The molecule has 7 heteroatoms. The molecule has 1 saturated heterocycles. The second-order valence-corrected chi connectivity index (χ2v) is 6.44. The van der Waals surface area contributed by atoms with Gasteiger partial charge in [-0.1, -0.05) is 41.7 Å². The second-order valence-electron chi connectivity index (χ2n) is 5.41. The van der Waals surface area contributed by atoms with Crippen molar-refractivity contribution in [3.63, 3.8) is 0 Å². The van der Waals surface area contributed by atoms with Crippen molar-refractivity contribution >= 4 is 22.5 Å². The van der Waals surface area contributed by atoms with E-state index in [2.05, 4.69) is 20.9 Å². The fourth-order valence-corrected chi connectivity index (χ4v) is 3.27.